The molecule has 32 heavy (non-hydrogen) atoms. The number of nitrogens with zero attached hydrogens (tertiary/aromatic N) is 4. The van der Waals surface area contributed by atoms with Gasteiger partial charge in [-0.25, -0.2) is 9.67 Å². The highest BCUT2D eigenvalue weighted by Gasteiger charge is 2.21. The molecule has 4 rings (SSSR count). The van der Waals surface area contributed by atoms with E-state index in [1.54, 1.807) is 50.7 Å². The Balaban J connectivity index is 1.56. The van der Waals surface area contributed by atoms with Crippen molar-refractivity contribution in [3.63, 3.8) is 0 Å². The quantitative estimate of drug-likeness (QED) is 0.561. The molecule has 1 fully saturated rings. The molecule has 1 aliphatic rings. The maximum Gasteiger partial charge on any atom is 0.274 e. The first kappa shape index (κ1) is 21.8. The van der Waals surface area contributed by atoms with E-state index in [2.05, 4.69) is 15.4 Å². The van der Waals surface area contributed by atoms with E-state index in [-0.39, 0.29) is 12.1 Å². The van der Waals surface area contributed by atoms with Crippen molar-refractivity contribution in [3.05, 3.63) is 54.4 Å². The molecule has 2 aromatic heterocycles. The molecule has 0 radical (unpaired) electrons. The van der Waals surface area contributed by atoms with Gasteiger partial charge in [0.1, 0.15) is 11.4 Å². The second-order valence-corrected chi connectivity index (χ2v) is 7.41. The Morgan fingerprint density at radius 2 is 2.09 bits per heavy atom. The van der Waals surface area contributed by atoms with Crippen LogP contribution in [0.3, 0.4) is 0 Å². The lowest BCUT2D eigenvalue weighted by atomic mass is 10.1. The molecule has 1 amide bonds. The Hall–Kier alpha value is -3.43. The zero-order chi connectivity index (χ0) is 22.5. The molecule has 3 aromatic rings. The number of carbonyl (C=O) groups is 1. The Bertz CT molecular complexity index is 1080. The van der Waals surface area contributed by atoms with Crippen LogP contribution in [0.1, 0.15) is 36.0 Å². The third-order valence-electron chi connectivity index (χ3n) is 5.41. The van der Waals surface area contributed by atoms with Crippen molar-refractivity contribution in [1.82, 2.24) is 14.8 Å². The standard InChI is InChI=1S/C23H27N5O4/c1-27(31-3)16-10-11-18(21(15-16)30-2)26-23(29)19-8-6-7-17(25-19)20-12-13-24-28(20)22-9-4-5-14-32-22/h6-8,10-13,15,22H,4-5,9,14H2,1-3H3,(H,26,29). The monoisotopic (exact) mass is 437 g/mol. The van der Waals surface area contributed by atoms with Crippen LogP contribution in [0.25, 0.3) is 11.4 Å². The molecule has 0 aliphatic carbocycles. The average molecular weight is 438 g/mol. The summed E-state index contributed by atoms with van der Waals surface area (Å²) in [5.41, 5.74) is 3.10. The van der Waals surface area contributed by atoms with Crippen LogP contribution >= 0.6 is 0 Å². The van der Waals surface area contributed by atoms with Gasteiger partial charge in [0, 0.05) is 25.9 Å². The van der Waals surface area contributed by atoms with E-state index in [0.29, 0.717) is 22.8 Å². The van der Waals surface area contributed by atoms with Gasteiger partial charge in [-0.15, -0.1) is 0 Å². The summed E-state index contributed by atoms with van der Waals surface area (Å²) < 4.78 is 13.2. The Morgan fingerprint density at radius 1 is 1.22 bits per heavy atom. The SMILES string of the molecule is COc1cc(N(C)OC)ccc1NC(=O)c1cccc(-c2ccnn2C2CCCCO2)n1. The number of hydrogen-bond acceptors (Lipinski definition) is 7. The van der Waals surface area contributed by atoms with Crippen molar-refractivity contribution >= 4 is 17.3 Å². The van der Waals surface area contributed by atoms with E-state index in [9.17, 15) is 4.79 Å². The maximum absolute atomic E-state index is 13.0. The largest absolute Gasteiger partial charge is 0.494 e. The Labute approximate surface area is 186 Å². The zero-order valence-electron chi connectivity index (χ0n) is 18.4. The minimum atomic E-state index is -0.335. The minimum Gasteiger partial charge on any atom is -0.494 e. The molecule has 9 heteroatoms. The molecule has 0 saturated carbocycles. The molecular weight excluding hydrogens is 410 g/mol. The summed E-state index contributed by atoms with van der Waals surface area (Å²) in [6.07, 6.45) is 4.68. The third kappa shape index (κ3) is 4.58. The normalized spacial score (nSPS) is 15.9. The van der Waals surface area contributed by atoms with Gasteiger partial charge in [0.15, 0.2) is 6.23 Å². The number of ether oxygens (including phenoxy) is 2. The van der Waals surface area contributed by atoms with E-state index in [4.69, 9.17) is 14.3 Å². The molecule has 1 aromatic carbocycles. The van der Waals surface area contributed by atoms with Gasteiger partial charge in [0.05, 0.1) is 37.0 Å². The van der Waals surface area contributed by atoms with Gasteiger partial charge in [0.2, 0.25) is 0 Å². The molecule has 3 heterocycles. The van der Waals surface area contributed by atoms with Crippen molar-refractivity contribution in [2.24, 2.45) is 0 Å². The van der Waals surface area contributed by atoms with Gasteiger partial charge in [0.25, 0.3) is 5.91 Å². The highest BCUT2D eigenvalue weighted by atomic mass is 16.7. The van der Waals surface area contributed by atoms with Gasteiger partial charge in [-0.1, -0.05) is 6.07 Å². The number of methoxy groups -OCH3 is 1. The Kier molecular flexibility index (Phi) is 6.67. The number of aromatic nitrogens is 3. The summed E-state index contributed by atoms with van der Waals surface area (Å²) in [5, 5.41) is 8.91. The van der Waals surface area contributed by atoms with Crippen molar-refractivity contribution in [2.75, 3.05) is 38.3 Å². The van der Waals surface area contributed by atoms with E-state index < -0.39 is 0 Å². The lowest BCUT2D eigenvalue weighted by Crippen LogP contribution is -2.20. The molecule has 1 saturated heterocycles. The van der Waals surface area contributed by atoms with Gasteiger partial charge in [-0.05, 0) is 49.6 Å². The van der Waals surface area contributed by atoms with Gasteiger partial charge >= 0.3 is 0 Å². The van der Waals surface area contributed by atoms with Crippen LogP contribution in [0.2, 0.25) is 0 Å². The summed E-state index contributed by atoms with van der Waals surface area (Å²) in [4.78, 5) is 22.7. The lowest BCUT2D eigenvalue weighted by Gasteiger charge is -2.24. The summed E-state index contributed by atoms with van der Waals surface area (Å²) in [6, 6.07) is 12.6. The number of amides is 1. The molecule has 1 N–H and O–H groups in total. The van der Waals surface area contributed by atoms with Crippen LogP contribution in [0, 0.1) is 0 Å². The second kappa shape index (κ2) is 9.80. The molecule has 0 bridgehead atoms. The van der Waals surface area contributed by atoms with Crippen LogP contribution < -0.4 is 15.1 Å². The first-order chi connectivity index (χ1) is 15.6. The van der Waals surface area contributed by atoms with Gasteiger partial charge in [-0.3, -0.25) is 14.7 Å². The summed E-state index contributed by atoms with van der Waals surface area (Å²) >= 11 is 0. The van der Waals surface area contributed by atoms with Crippen molar-refractivity contribution in [1.29, 1.82) is 0 Å². The van der Waals surface area contributed by atoms with Gasteiger partial charge in [-0.2, -0.15) is 5.10 Å². The zero-order valence-corrected chi connectivity index (χ0v) is 18.4. The smallest absolute Gasteiger partial charge is 0.274 e. The molecule has 1 aliphatic heterocycles. The first-order valence-electron chi connectivity index (χ1n) is 10.5. The van der Waals surface area contributed by atoms with E-state index in [1.165, 1.54) is 0 Å². The first-order valence-corrected chi connectivity index (χ1v) is 10.5. The summed E-state index contributed by atoms with van der Waals surface area (Å²) in [7, 11) is 4.91. The number of nitrogens with one attached hydrogen (secondary N) is 1. The summed E-state index contributed by atoms with van der Waals surface area (Å²) in [5.74, 6) is 0.182. The highest BCUT2D eigenvalue weighted by Crippen LogP contribution is 2.30. The van der Waals surface area contributed by atoms with Gasteiger partial charge < -0.3 is 14.8 Å². The molecule has 0 spiro atoms. The lowest BCUT2D eigenvalue weighted by molar-refractivity contribution is -0.0384. The number of rotatable bonds is 7. The number of anilines is 2. The van der Waals surface area contributed by atoms with Crippen LogP contribution in [-0.4, -0.2) is 48.5 Å². The van der Waals surface area contributed by atoms with Crippen LogP contribution in [0.15, 0.2) is 48.7 Å². The number of carbonyl (C=O) groups excluding carboxylic acids is 1. The molecule has 9 nitrogen and oxygen atoms in total. The fourth-order valence-electron chi connectivity index (χ4n) is 3.64. The number of hydrogen-bond donors (Lipinski definition) is 1. The topological polar surface area (TPSA) is 90.7 Å². The fourth-order valence-corrected chi connectivity index (χ4v) is 3.64. The Morgan fingerprint density at radius 3 is 2.84 bits per heavy atom. The maximum atomic E-state index is 13.0. The average Bonchev–Trinajstić information content (AvgIpc) is 3.34. The van der Waals surface area contributed by atoms with Crippen LogP contribution in [0.4, 0.5) is 11.4 Å². The van der Waals surface area contributed by atoms with Crippen molar-refractivity contribution in [2.45, 2.75) is 25.5 Å². The second-order valence-electron chi connectivity index (χ2n) is 7.41. The van der Waals surface area contributed by atoms with E-state index in [1.807, 2.05) is 28.9 Å². The van der Waals surface area contributed by atoms with E-state index in [0.717, 1.165) is 37.3 Å². The van der Waals surface area contributed by atoms with Crippen LogP contribution in [-0.2, 0) is 9.57 Å². The van der Waals surface area contributed by atoms with Crippen molar-refractivity contribution < 1.29 is 19.1 Å². The molecule has 1 atom stereocenters. The van der Waals surface area contributed by atoms with Crippen molar-refractivity contribution in [3.8, 4) is 17.1 Å². The predicted molar refractivity (Wildman–Crippen MR) is 121 cm³/mol. The van der Waals surface area contributed by atoms with E-state index >= 15 is 0 Å². The number of hydroxylamine groups is 1. The molecule has 1 unspecified atom stereocenters. The van der Waals surface area contributed by atoms with Crippen LogP contribution in [0.5, 0.6) is 5.75 Å². The predicted octanol–water partition coefficient (Wildman–Crippen LogP) is 3.90. The fraction of sp³-hybridized carbons (Fsp3) is 0.348. The summed E-state index contributed by atoms with van der Waals surface area (Å²) in [6.45, 7) is 0.723. The number of pyridine rings is 1. The molecule has 168 valence electrons. The number of benzene rings is 1. The highest BCUT2D eigenvalue weighted by molar-refractivity contribution is 6.04. The molecular formula is C23H27N5O4. The minimum absolute atomic E-state index is 0.110. The third-order valence-corrected chi connectivity index (χ3v) is 5.41.